The molecule has 1 aromatic heterocycles. The third-order valence-electron chi connectivity index (χ3n) is 4.05. The standard InChI is InChI=1S/C17H22N2OS/c20-17(15-7-9-21-13-15)10-18-16-6-8-19(12-16)11-14-4-2-1-3-5-14/h1-5,7,9,13,16-18,20H,6,8,10-12H2. The highest BCUT2D eigenvalue weighted by molar-refractivity contribution is 7.07. The molecule has 0 bridgehead atoms. The number of thiophene rings is 1. The molecule has 21 heavy (non-hydrogen) atoms. The summed E-state index contributed by atoms with van der Waals surface area (Å²) < 4.78 is 0. The summed E-state index contributed by atoms with van der Waals surface area (Å²) in [4.78, 5) is 2.48. The van der Waals surface area contributed by atoms with Crippen LogP contribution >= 0.6 is 11.3 Å². The normalized spacial score (nSPS) is 20.7. The lowest BCUT2D eigenvalue weighted by molar-refractivity contribution is 0.170. The van der Waals surface area contributed by atoms with Crippen LogP contribution in [0.3, 0.4) is 0 Å². The topological polar surface area (TPSA) is 35.5 Å². The first-order chi connectivity index (χ1) is 10.3. The molecule has 0 radical (unpaired) electrons. The van der Waals surface area contributed by atoms with Crippen LogP contribution in [0.2, 0.25) is 0 Å². The molecule has 3 rings (SSSR count). The van der Waals surface area contributed by atoms with Crippen LogP contribution in [0.4, 0.5) is 0 Å². The first-order valence-corrected chi connectivity index (χ1v) is 8.45. The molecule has 0 aliphatic carbocycles. The van der Waals surface area contributed by atoms with E-state index in [1.807, 2.05) is 16.8 Å². The Balaban J connectivity index is 1.42. The van der Waals surface area contributed by atoms with Crippen molar-refractivity contribution in [3.63, 3.8) is 0 Å². The van der Waals surface area contributed by atoms with Crippen molar-refractivity contribution in [2.75, 3.05) is 19.6 Å². The lowest BCUT2D eigenvalue weighted by Crippen LogP contribution is -2.35. The molecule has 2 aromatic rings. The number of benzene rings is 1. The van der Waals surface area contributed by atoms with Crippen molar-refractivity contribution in [1.29, 1.82) is 0 Å². The Labute approximate surface area is 130 Å². The van der Waals surface area contributed by atoms with Gasteiger partial charge in [0, 0.05) is 32.2 Å². The van der Waals surface area contributed by atoms with E-state index < -0.39 is 0 Å². The van der Waals surface area contributed by atoms with E-state index in [2.05, 4.69) is 40.5 Å². The summed E-state index contributed by atoms with van der Waals surface area (Å²) in [6.45, 7) is 3.85. The zero-order valence-corrected chi connectivity index (χ0v) is 12.9. The van der Waals surface area contributed by atoms with Gasteiger partial charge in [0.25, 0.3) is 0 Å². The van der Waals surface area contributed by atoms with Gasteiger partial charge in [-0.25, -0.2) is 0 Å². The number of aliphatic hydroxyl groups excluding tert-OH is 1. The Morgan fingerprint density at radius 1 is 1.29 bits per heavy atom. The summed E-state index contributed by atoms with van der Waals surface area (Å²) in [5, 5.41) is 17.6. The van der Waals surface area contributed by atoms with Crippen LogP contribution in [-0.4, -0.2) is 35.7 Å². The van der Waals surface area contributed by atoms with Crippen LogP contribution in [0.5, 0.6) is 0 Å². The van der Waals surface area contributed by atoms with Gasteiger partial charge in [-0.05, 0) is 34.4 Å². The highest BCUT2D eigenvalue weighted by Gasteiger charge is 2.22. The first kappa shape index (κ1) is 14.7. The second-order valence-corrected chi connectivity index (χ2v) is 6.47. The van der Waals surface area contributed by atoms with Crippen LogP contribution in [0.25, 0.3) is 0 Å². The SMILES string of the molecule is OC(CNC1CCN(Cc2ccccc2)C1)c1ccsc1. The van der Waals surface area contributed by atoms with Crippen LogP contribution < -0.4 is 5.32 Å². The molecule has 1 aliphatic rings. The maximum absolute atomic E-state index is 10.1. The van der Waals surface area contributed by atoms with Crippen molar-refractivity contribution in [3.05, 3.63) is 58.3 Å². The third-order valence-corrected chi connectivity index (χ3v) is 4.75. The molecule has 4 heteroatoms. The van der Waals surface area contributed by atoms with E-state index in [0.717, 1.165) is 31.6 Å². The summed E-state index contributed by atoms with van der Waals surface area (Å²) in [7, 11) is 0. The maximum Gasteiger partial charge on any atom is 0.0922 e. The Kier molecular flexibility index (Phi) is 5.04. The van der Waals surface area contributed by atoms with Gasteiger partial charge in [0.05, 0.1) is 6.10 Å². The quantitative estimate of drug-likeness (QED) is 0.861. The van der Waals surface area contributed by atoms with E-state index in [4.69, 9.17) is 0 Å². The summed E-state index contributed by atoms with van der Waals surface area (Å²) in [6, 6.07) is 13.1. The van der Waals surface area contributed by atoms with Gasteiger partial charge in [-0.1, -0.05) is 30.3 Å². The molecule has 1 aliphatic heterocycles. The minimum atomic E-state index is -0.389. The van der Waals surface area contributed by atoms with Crippen molar-refractivity contribution < 1.29 is 5.11 Å². The number of nitrogens with one attached hydrogen (secondary N) is 1. The fraction of sp³-hybridized carbons (Fsp3) is 0.412. The molecular weight excluding hydrogens is 280 g/mol. The molecule has 1 fully saturated rings. The smallest absolute Gasteiger partial charge is 0.0922 e. The van der Waals surface area contributed by atoms with Gasteiger partial charge in [0.1, 0.15) is 0 Å². The maximum atomic E-state index is 10.1. The van der Waals surface area contributed by atoms with Gasteiger partial charge in [-0.15, -0.1) is 0 Å². The molecule has 1 saturated heterocycles. The molecule has 1 aromatic carbocycles. The summed E-state index contributed by atoms with van der Waals surface area (Å²) in [6.07, 6.45) is 0.767. The lowest BCUT2D eigenvalue weighted by atomic mass is 10.2. The minimum Gasteiger partial charge on any atom is -0.387 e. The van der Waals surface area contributed by atoms with Crippen molar-refractivity contribution in [1.82, 2.24) is 10.2 Å². The van der Waals surface area contributed by atoms with Crippen LogP contribution in [-0.2, 0) is 6.54 Å². The molecule has 3 nitrogen and oxygen atoms in total. The second kappa shape index (κ2) is 7.18. The Bertz CT molecular complexity index is 529. The Morgan fingerprint density at radius 3 is 2.90 bits per heavy atom. The number of likely N-dealkylation sites (tertiary alicyclic amines) is 1. The van der Waals surface area contributed by atoms with E-state index in [-0.39, 0.29) is 6.10 Å². The van der Waals surface area contributed by atoms with E-state index >= 15 is 0 Å². The number of nitrogens with zero attached hydrogens (tertiary/aromatic N) is 1. The molecule has 2 N–H and O–H groups in total. The molecule has 2 atom stereocenters. The van der Waals surface area contributed by atoms with Gasteiger partial charge < -0.3 is 10.4 Å². The molecule has 0 saturated carbocycles. The van der Waals surface area contributed by atoms with Crippen LogP contribution in [0.1, 0.15) is 23.7 Å². The van der Waals surface area contributed by atoms with Crippen molar-refractivity contribution in [2.45, 2.75) is 25.1 Å². The zero-order chi connectivity index (χ0) is 14.5. The number of hydrogen-bond donors (Lipinski definition) is 2. The zero-order valence-electron chi connectivity index (χ0n) is 12.1. The van der Waals surface area contributed by atoms with Crippen LogP contribution in [0.15, 0.2) is 47.2 Å². The van der Waals surface area contributed by atoms with Crippen LogP contribution in [0, 0.1) is 0 Å². The van der Waals surface area contributed by atoms with E-state index in [1.54, 1.807) is 11.3 Å². The van der Waals surface area contributed by atoms with Gasteiger partial charge in [0.15, 0.2) is 0 Å². The Morgan fingerprint density at radius 2 is 2.14 bits per heavy atom. The number of rotatable bonds is 6. The molecule has 0 spiro atoms. The largest absolute Gasteiger partial charge is 0.387 e. The highest BCUT2D eigenvalue weighted by atomic mass is 32.1. The van der Waals surface area contributed by atoms with E-state index in [0.29, 0.717) is 12.6 Å². The molecular formula is C17H22N2OS. The van der Waals surface area contributed by atoms with Gasteiger partial charge in [0.2, 0.25) is 0 Å². The fourth-order valence-electron chi connectivity index (χ4n) is 2.85. The second-order valence-electron chi connectivity index (χ2n) is 5.69. The van der Waals surface area contributed by atoms with Gasteiger partial charge in [-0.3, -0.25) is 4.90 Å². The van der Waals surface area contributed by atoms with Gasteiger partial charge in [-0.2, -0.15) is 11.3 Å². The number of aliphatic hydroxyl groups is 1. The molecule has 2 unspecified atom stereocenters. The average molecular weight is 302 g/mol. The molecule has 112 valence electrons. The summed E-state index contributed by atoms with van der Waals surface area (Å²) >= 11 is 1.63. The summed E-state index contributed by atoms with van der Waals surface area (Å²) in [5.41, 5.74) is 2.39. The highest BCUT2D eigenvalue weighted by Crippen LogP contribution is 2.17. The summed E-state index contributed by atoms with van der Waals surface area (Å²) in [5.74, 6) is 0. The van der Waals surface area contributed by atoms with Crippen molar-refractivity contribution in [3.8, 4) is 0 Å². The lowest BCUT2D eigenvalue weighted by Gasteiger charge is -2.18. The first-order valence-electron chi connectivity index (χ1n) is 7.51. The predicted molar refractivity (Wildman–Crippen MR) is 87.4 cm³/mol. The Hall–Kier alpha value is -1.20. The predicted octanol–water partition coefficient (Wildman–Crippen LogP) is 2.65. The van der Waals surface area contributed by atoms with Gasteiger partial charge >= 0.3 is 0 Å². The van der Waals surface area contributed by atoms with E-state index in [1.165, 1.54) is 5.56 Å². The number of hydrogen-bond acceptors (Lipinski definition) is 4. The average Bonchev–Trinajstić information content (AvgIpc) is 3.17. The molecule has 2 heterocycles. The molecule has 0 amide bonds. The van der Waals surface area contributed by atoms with Crippen molar-refractivity contribution in [2.24, 2.45) is 0 Å². The third kappa shape index (κ3) is 4.14. The monoisotopic (exact) mass is 302 g/mol. The van der Waals surface area contributed by atoms with Crippen molar-refractivity contribution >= 4 is 11.3 Å². The fourth-order valence-corrected chi connectivity index (χ4v) is 3.55. The van der Waals surface area contributed by atoms with E-state index in [9.17, 15) is 5.11 Å². The minimum absolute atomic E-state index is 0.389.